The summed E-state index contributed by atoms with van der Waals surface area (Å²) in [5.74, 6) is 0. The molecule has 0 spiro atoms. The van der Waals surface area contributed by atoms with E-state index in [1.54, 1.807) is 0 Å². The quantitative estimate of drug-likeness (QED) is 0.870. The van der Waals surface area contributed by atoms with Crippen LogP contribution in [0.25, 0.3) is 0 Å². The molecule has 1 aliphatic rings. The van der Waals surface area contributed by atoms with Gasteiger partial charge in [0.2, 0.25) is 0 Å². The second kappa shape index (κ2) is 9.48. The van der Waals surface area contributed by atoms with Crippen molar-refractivity contribution in [3.8, 4) is 0 Å². The highest BCUT2D eigenvalue weighted by Gasteiger charge is 2.23. The van der Waals surface area contributed by atoms with Gasteiger partial charge in [-0.25, -0.2) is 0 Å². The fraction of sp³-hybridized carbons (Fsp3) is 0.647. The predicted octanol–water partition coefficient (Wildman–Crippen LogP) is 2.40. The van der Waals surface area contributed by atoms with Gasteiger partial charge in [-0.15, -0.1) is 12.4 Å². The number of hydrogen-bond donors (Lipinski definition) is 1. The van der Waals surface area contributed by atoms with Gasteiger partial charge in [-0.3, -0.25) is 4.90 Å². The molecular weight excluding hydrogens is 302 g/mol. The van der Waals surface area contributed by atoms with Crippen LogP contribution in [0.2, 0.25) is 0 Å². The Balaban J connectivity index is 0.00000242. The summed E-state index contributed by atoms with van der Waals surface area (Å²) in [4.78, 5) is 2.25. The minimum absolute atomic E-state index is 0. The molecule has 5 heteroatoms. The summed E-state index contributed by atoms with van der Waals surface area (Å²) in [6.45, 7) is 9.52. The molecule has 3 atom stereocenters. The molecule has 126 valence electrons. The lowest BCUT2D eigenvalue weighted by atomic mass is 10.2. The largest absolute Gasteiger partial charge is 0.389 e. The van der Waals surface area contributed by atoms with E-state index in [0.717, 1.165) is 18.7 Å². The van der Waals surface area contributed by atoms with Gasteiger partial charge in [-0.1, -0.05) is 29.8 Å². The number of aliphatic hydroxyl groups excluding tert-OH is 1. The minimum atomic E-state index is -0.451. The molecule has 0 aromatic heterocycles. The molecule has 1 aromatic rings. The summed E-state index contributed by atoms with van der Waals surface area (Å²) < 4.78 is 11.3. The van der Waals surface area contributed by atoms with E-state index in [-0.39, 0.29) is 24.6 Å². The number of ether oxygens (including phenoxy) is 2. The van der Waals surface area contributed by atoms with E-state index in [1.165, 1.54) is 5.56 Å². The molecule has 2 rings (SSSR count). The van der Waals surface area contributed by atoms with Crippen LogP contribution >= 0.6 is 12.4 Å². The Hall–Kier alpha value is -0.650. The molecule has 0 bridgehead atoms. The lowest BCUT2D eigenvalue weighted by molar-refractivity contribution is -0.0826. The fourth-order valence-electron chi connectivity index (χ4n) is 2.78. The zero-order valence-corrected chi connectivity index (χ0v) is 14.5. The Morgan fingerprint density at radius 2 is 1.82 bits per heavy atom. The van der Waals surface area contributed by atoms with Crippen LogP contribution in [0.1, 0.15) is 25.0 Å². The van der Waals surface area contributed by atoms with E-state index in [2.05, 4.69) is 49.9 Å². The number of aliphatic hydroxyl groups is 1. The molecule has 1 fully saturated rings. The third-order valence-corrected chi connectivity index (χ3v) is 3.66. The van der Waals surface area contributed by atoms with Crippen LogP contribution in [0.5, 0.6) is 0 Å². The van der Waals surface area contributed by atoms with Crippen LogP contribution in [0, 0.1) is 6.92 Å². The summed E-state index contributed by atoms with van der Waals surface area (Å²) in [6.07, 6.45) is 0.0109. The minimum Gasteiger partial charge on any atom is -0.389 e. The first-order chi connectivity index (χ1) is 10.0. The summed E-state index contributed by atoms with van der Waals surface area (Å²) >= 11 is 0. The Morgan fingerprint density at radius 3 is 2.41 bits per heavy atom. The fourth-order valence-corrected chi connectivity index (χ4v) is 2.78. The Bertz CT molecular complexity index is 416. The number of rotatable bonds is 6. The molecule has 1 N–H and O–H groups in total. The monoisotopic (exact) mass is 329 g/mol. The highest BCUT2D eigenvalue weighted by atomic mass is 35.5. The summed E-state index contributed by atoms with van der Waals surface area (Å²) in [6, 6.07) is 8.28. The number of hydrogen-bond acceptors (Lipinski definition) is 4. The van der Waals surface area contributed by atoms with Gasteiger partial charge in [-0.2, -0.15) is 0 Å². The average Bonchev–Trinajstić information content (AvgIpc) is 2.39. The van der Waals surface area contributed by atoms with Crippen molar-refractivity contribution >= 4 is 12.4 Å². The van der Waals surface area contributed by atoms with Crippen molar-refractivity contribution in [1.29, 1.82) is 0 Å². The summed E-state index contributed by atoms with van der Waals surface area (Å²) in [5.41, 5.74) is 2.38. The van der Waals surface area contributed by atoms with Gasteiger partial charge in [0.25, 0.3) is 0 Å². The number of aryl methyl sites for hydroxylation is 1. The molecule has 1 heterocycles. The molecule has 1 aliphatic heterocycles. The van der Waals surface area contributed by atoms with Crippen molar-refractivity contribution < 1.29 is 14.6 Å². The Morgan fingerprint density at radius 1 is 1.23 bits per heavy atom. The first-order valence-electron chi connectivity index (χ1n) is 7.72. The van der Waals surface area contributed by atoms with E-state index in [9.17, 15) is 5.11 Å². The number of β-amino-alcohol motifs (C(OH)–C–C–N with tert-alkyl or cyclic N) is 1. The molecule has 1 aromatic carbocycles. The lowest BCUT2D eigenvalue weighted by Gasteiger charge is -2.36. The number of benzene rings is 1. The molecular formula is C17H28ClNO3. The molecule has 3 unspecified atom stereocenters. The summed E-state index contributed by atoms with van der Waals surface area (Å²) in [5, 5.41) is 10.1. The predicted molar refractivity (Wildman–Crippen MR) is 90.5 cm³/mol. The molecule has 22 heavy (non-hydrogen) atoms. The van der Waals surface area contributed by atoms with Gasteiger partial charge < -0.3 is 14.6 Å². The zero-order valence-electron chi connectivity index (χ0n) is 13.7. The van der Waals surface area contributed by atoms with Gasteiger partial charge in [0.1, 0.15) is 0 Å². The van der Waals surface area contributed by atoms with Gasteiger partial charge in [-0.05, 0) is 26.3 Å². The SMILES string of the molecule is Cc1ccc(COCC(O)CN2CC(C)OC(C)C2)cc1.Cl. The van der Waals surface area contributed by atoms with Gasteiger partial charge >= 0.3 is 0 Å². The van der Waals surface area contributed by atoms with E-state index in [4.69, 9.17) is 9.47 Å². The van der Waals surface area contributed by atoms with Crippen molar-refractivity contribution in [1.82, 2.24) is 4.90 Å². The highest BCUT2D eigenvalue weighted by molar-refractivity contribution is 5.85. The number of morpholine rings is 1. The number of nitrogens with zero attached hydrogens (tertiary/aromatic N) is 1. The van der Waals surface area contributed by atoms with Crippen LogP contribution in [-0.4, -0.2) is 54.6 Å². The van der Waals surface area contributed by atoms with Gasteiger partial charge in [0.05, 0.1) is 31.5 Å². The molecule has 0 amide bonds. The smallest absolute Gasteiger partial charge is 0.0900 e. The topological polar surface area (TPSA) is 41.9 Å². The van der Waals surface area contributed by atoms with Crippen molar-refractivity contribution in [3.63, 3.8) is 0 Å². The van der Waals surface area contributed by atoms with E-state index in [1.807, 2.05) is 0 Å². The van der Waals surface area contributed by atoms with Gasteiger partial charge in [0.15, 0.2) is 0 Å². The average molecular weight is 330 g/mol. The van der Waals surface area contributed by atoms with Crippen LogP contribution in [0.3, 0.4) is 0 Å². The van der Waals surface area contributed by atoms with Crippen LogP contribution in [0.15, 0.2) is 24.3 Å². The molecule has 4 nitrogen and oxygen atoms in total. The first kappa shape index (κ1) is 19.4. The maximum absolute atomic E-state index is 10.1. The molecule has 0 aliphatic carbocycles. The van der Waals surface area contributed by atoms with Crippen molar-refractivity contribution in [2.75, 3.05) is 26.2 Å². The first-order valence-corrected chi connectivity index (χ1v) is 7.72. The van der Waals surface area contributed by atoms with Crippen molar-refractivity contribution in [2.24, 2.45) is 0 Å². The maximum atomic E-state index is 10.1. The van der Waals surface area contributed by atoms with Crippen LogP contribution in [0.4, 0.5) is 0 Å². The van der Waals surface area contributed by atoms with E-state index < -0.39 is 6.10 Å². The van der Waals surface area contributed by atoms with Crippen molar-refractivity contribution in [3.05, 3.63) is 35.4 Å². The lowest BCUT2D eigenvalue weighted by Crippen LogP contribution is -2.48. The number of halogens is 1. The second-order valence-corrected chi connectivity index (χ2v) is 6.13. The van der Waals surface area contributed by atoms with E-state index >= 15 is 0 Å². The Kier molecular flexibility index (Phi) is 8.36. The molecule has 0 saturated carbocycles. The van der Waals surface area contributed by atoms with Crippen molar-refractivity contribution in [2.45, 2.75) is 45.7 Å². The van der Waals surface area contributed by atoms with E-state index in [0.29, 0.717) is 19.8 Å². The van der Waals surface area contributed by atoms with Crippen LogP contribution < -0.4 is 0 Å². The van der Waals surface area contributed by atoms with Crippen LogP contribution in [-0.2, 0) is 16.1 Å². The Labute approximate surface area is 139 Å². The third kappa shape index (κ3) is 6.63. The van der Waals surface area contributed by atoms with Gasteiger partial charge in [0, 0.05) is 19.6 Å². The molecule has 1 saturated heterocycles. The zero-order chi connectivity index (χ0) is 15.2. The standard InChI is InChI=1S/C17H27NO3.ClH/c1-13-4-6-16(7-5-13)11-20-12-17(19)10-18-8-14(2)21-15(3)9-18;/h4-7,14-15,17,19H,8-12H2,1-3H3;1H. The summed E-state index contributed by atoms with van der Waals surface area (Å²) in [7, 11) is 0. The third-order valence-electron chi connectivity index (χ3n) is 3.66. The second-order valence-electron chi connectivity index (χ2n) is 6.13. The maximum Gasteiger partial charge on any atom is 0.0900 e. The molecule has 0 radical (unpaired) electrons. The normalized spacial score (nSPS) is 23.8. The highest BCUT2D eigenvalue weighted by Crippen LogP contribution is 2.11.